The molecule has 4 heteroatoms. The molecule has 1 fully saturated rings. The lowest BCUT2D eigenvalue weighted by Gasteiger charge is -2.38. The van der Waals surface area contributed by atoms with Gasteiger partial charge in [-0.15, -0.1) is 0 Å². The summed E-state index contributed by atoms with van der Waals surface area (Å²) in [5.74, 6) is 1.50. The Balaban J connectivity index is 2.29. The smallest absolute Gasteiger partial charge is 0.300 e. The average Bonchev–Trinajstić information content (AvgIpc) is 2.31. The Morgan fingerprint density at radius 1 is 1.07 bits per heavy atom. The molecule has 1 saturated carbocycles. The summed E-state index contributed by atoms with van der Waals surface area (Å²) in [6.45, 7) is 7.11. The standard InChI is InChI=1S/C11H10ClN3/c1-13-11-9-7-4-2-6(3-5-7)8(9)10(12)14-15-11/h6-7H,2-5H2. The highest BCUT2D eigenvalue weighted by atomic mass is 35.5. The molecule has 0 aromatic carbocycles. The number of nitrogens with zero attached hydrogens (tertiary/aromatic N) is 3. The van der Waals surface area contributed by atoms with E-state index in [9.17, 15) is 0 Å². The van der Waals surface area contributed by atoms with Crippen LogP contribution in [0.25, 0.3) is 4.85 Å². The van der Waals surface area contributed by atoms with Crippen LogP contribution in [0.3, 0.4) is 0 Å². The van der Waals surface area contributed by atoms with E-state index in [0.717, 1.165) is 11.1 Å². The second-order valence-electron chi connectivity index (χ2n) is 4.30. The molecule has 3 nitrogen and oxygen atoms in total. The van der Waals surface area contributed by atoms with Gasteiger partial charge in [-0.05, 0) is 58.8 Å². The van der Waals surface area contributed by atoms with Gasteiger partial charge in [-0.1, -0.05) is 18.2 Å². The molecule has 0 amide bonds. The Bertz CT molecular complexity index is 456. The minimum atomic E-state index is 0.476. The second-order valence-corrected chi connectivity index (χ2v) is 4.66. The van der Waals surface area contributed by atoms with Gasteiger partial charge in [-0.2, -0.15) is 0 Å². The minimum absolute atomic E-state index is 0.476. The van der Waals surface area contributed by atoms with E-state index >= 15 is 0 Å². The molecule has 1 aromatic rings. The van der Waals surface area contributed by atoms with E-state index in [1.807, 2.05) is 0 Å². The van der Waals surface area contributed by atoms with Crippen molar-refractivity contribution in [2.45, 2.75) is 37.5 Å². The fourth-order valence-corrected chi connectivity index (χ4v) is 3.27. The molecular formula is C11H10ClN3. The fraction of sp³-hybridized carbons (Fsp3) is 0.545. The summed E-state index contributed by atoms with van der Waals surface area (Å²) >= 11 is 6.09. The molecule has 0 spiro atoms. The molecule has 76 valence electrons. The van der Waals surface area contributed by atoms with Crippen molar-refractivity contribution >= 4 is 17.4 Å². The van der Waals surface area contributed by atoms with Crippen molar-refractivity contribution < 1.29 is 0 Å². The first-order valence-corrected chi connectivity index (χ1v) is 5.62. The van der Waals surface area contributed by atoms with E-state index in [4.69, 9.17) is 18.2 Å². The van der Waals surface area contributed by atoms with E-state index in [1.54, 1.807) is 0 Å². The maximum Gasteiger partial charge on any atom is 0.300 e. The number of fused-ring (bicyclic) bond motifs is 2. The van der Waals surface area contributed by atoms with E-state index < -0.39 is 0 Å². The molecule has 0 saturated heterocycles. The molecule has 15 heavy (non-hydrogen) atoms. The van der Waals surface area contributed by atoms with Crippen molar-refractivity contribution in [2.75, 3.05) is 0 Å². The van der Waals surface area contributed by atoms with Crippen LogP contribution in [0.15, 0.2) is 0 Å². The molecule has 3 aliphatic carbocycles. The van der Waals surface area contributed by atoms with Crippen LogP contribution in [0.4, 0.5) is 5.82 Å². The third-order valence-corrected chi connectivity index (χ3v) is 3.91. The average molecular weight is 220 g/mol. The maximum absolute atomic E-state index is 7.11. The number of rotatable bonds is 0. The molecule has 2 bridgehead atoms. The largest absolute Gasteiger partial charge is 0.359 e. The summed E-state index contributed by atoms with van der Waals surface area (Å²) in [4.78, 5) is 3.46. The first-order valence-electron chi connectivity index (χ1n) is 5.24. The van der Waals surface area contributed by atoms with Crippen molar-refractivity contribution in [3.05, 3.63) is 27.7 Å². The molecule has 0 atom stereocenters. The SMILES string of the molecule is [C-]#[N+]c1nnc(Cl)c2c1C1CCC2CC1. The van der Waals surface area contributed by atoms with Crippen molar-refractivity contribution in [3.63, 3.8) is 0 Å². The maximum atomic E-state index is 7.11. The molecule has 4 rings (SSSR count). The van der Waals surface area contributed by atoms with Gasteiger partial charge in [-0.25, -0.2) is 0 Å². The van der Waals surface area contributed by atoms with E-state index in [2.05, 4.69) is 15.0 Å². The zero-order valence-electron chi connectivity index (χ0n) is 8.20. The number of hydrogen-bond donors (Lipinski definition) is 0. The first kappa shape index (κ1) is 9.11. The van der Waals surface area contributed by atoms with Gasteiger partial charge in [-0.3, -0.25) is 0 Å². The van der Waals surface area contributed by atoms with Crippen LogP contribution in [0.2, 0.25) is 5.15 Å². The van der Waals surface area contributed by atoms with Crippen LogP contribution < -0.4 is 0 Å². The van der Waals surface area contributed by atoms with Crippen LogP contribution in [-0.2, 0) is 0 Å². The van der Waals surface area contributed by atoms with Crippen molar-refractivity contribution in [1.82, 2.24) is 10.2 Å². The zero-order valence-corrected chi connectivity index (χ0v) is 8.96. The Labute approximate surface area is 93.3 Å². The predicted molar refractivity (Wildman–Crippen MR) is 57.3 cm³/mol. The van der Waals surface area contributed by atoms with Crippen molar-refractivity contribution in [2.24, 2.45) is 0 Å². The first-order chi connectivity index (χ1) is 7.31. The van der Waals surface area contributed by atoms with Gasteiger partial charge >= 0.3 is 0 Å². The molecule has 0 radical (unpaired) electrons. The van der Waals surface area contributed by atoms with Gasteiger partial charge in [0.2, 0.25) is 0 Å². The third kappa shape index (κ3) is 1.18. The van der Waals surface area contributed by atoms with Gasteiger partial charge in [0, 0.05) is 0 Å². The van der Waals surface area contributed by atoms with Crippen LogP contribution >= 0.6 is 11.6 Å². The molecular weight excluding hydrogens is 210 g/mol. The molecule has 1 aromatic heterocycles. The topological polar surface area (TPSA) is 30.1 Å². The van der Waals surface area contributed by atoms with Crippen LogP contribution in [0.5, 0.6) is 0 Å². The molecule has 0 N–H and O–H groups in total. The van der Waals surface area contributed by atoms with Gasteiger partial charge in [0.15, 0.2) is 5.15 Å². The van der Waals surface area contributed by atoms with Crippen molar-refractivity contribution in [1.29, 1.82) is 0 Å². The van der Waals surface area contributed by atoms with E-state index in [0.29, 0.717) is 22.8 Å². The normalized spacial score (nSPS) is 27.2. The van der Waals surface area contributed by atoms with E-state index in [-0.39, 0.29) is 0 Å². The lowest BCUT2D eigenvalue weighted by atomic mass is 9.68. The number of aromatic nitrogens is 2. The summed E-state index contributed by atoms with van der Waals surface area (Å²) < 4.78 is 0. The van der Waals surface area contributed by atoms with E-state index in [1.165, 1.54) is 25.7 Å². The summed E-state index contributed by atoms with van der Waals surface area (Å²) in [6.07, 6.45) is 4.76. The summed E-state index contributed by atoms with van der Waals surface area (Å²) in [7, 11) is 0. The fourth-order valence-electron chi connectivity index (χ4n) is 2.97. The number of hydrogen-bond acceptors (Lipinski definition) is 2. The van der Waals surface area contributed by atoms with Crippen molar-refractivity contribution in [3.8, 4) is 0 Å². The lowest BCUT2D eigenvalue weighted by Crippen LogP contribution is -2.23. The van der Waals surface area contributed by atoms with Gasteiger partial charge < -0.3 is 4.85 Å². The quantitative estimate of drug-likeness (QED) is 0.626. The highest BCUT2D eigenvalue weighted by Gasteiger charge is 2.37. The van der Waals surface area contributed by atoms with Gasteiger partial charge in [0.05, 0.1) is 0 Å². The summed E-state index contributed by atoms with van der Waals surface area (Å²) in [5.41, 5.74) is 2.23. The predicted octanol–water partition coefficient (Wildman–Crippen LogP) is 3.44. The van der Waals surface area contributed by atoms with Gasteiger partial charge in [0.1, 0.15) is 0 Å². The molecule has 1 heterocycles. The van der Waals surface area contributed by atoms with Crippen LogP contribution in [-0.4, -0.2) is 10.2 Å². The highest BCUT2D eigenvalue weighted by molar-refractivity contribution is 6.30. The third-order valence-electron chi connectivity index (χ3n) is 3.64. The summed E-state index contributed by atoms with van der Waals surface area (Å²) in [6, 6.07) is 0. The zero-order chi connectivity index (χ0) is 10.4. The Morgan fingerprint density at radius 2 is 1.67 bits per heavy atom. The van der Waals surface area contributed by atoms with Crippen LogP contribution in [0, 0.1) is 6.57 Å². The molecule has 0 aliphatic heterocycles. The monoisotopic (exact) mass is 219 g/mol. The lowest BCUT2D eigenvalue weighted by molar-refractivity contribution is 0.357. The Morgan fingerprint density at radius 3 is 2.27 bits per heavy atom. The second kappa shape index (κ2) is 3.18. The van der Waals surface area contributed by atoms with Crippen LogP contribution in [0.1, 0.15) is 48.6 Å². The Kier molecular flexibility index (Phi) is 1.93. The number of halogens is 1. The minimum Gasteiger partial charge on any atom is -0.359 e. The molecule has 3 aliphatic rings. The highest BCUT2D eigenvalue weighted by Crippen LogP contribution is 2.53. The summed E-state index contributed by atoms with van der Waals surface area (Å²) in [5, 5.41) is 8.30. The Hall–Kier alpha value is -1.14. The molecule has 0 unspecified atom stereocenters. The van der Waals surface area contributed by atoms with Gasteiger partial charge in [0.25, 0.3) is 5.82 Å².